The van der Waals surface area contributed by atoms with Crippen molar-refractivity contribution in [1.29, 1.82) is 0 Å². The van der Waals surface area contributed by atoms with Crippen molar-refractivity contribution >= 4 is 16.7 Å². The van der Waals surface area contributed by atoms with E-state index in [2.05, 4.69) is 41.2 Å². The molecule has 0 radical (unpaired) electrons. The third kappa shape index (κ3) is 2.57. The van der Waals surface area contributed by atoms with Crippen LogP contribution in [0, 0.1) is 0 Å². The van der Waals surface area contributed by atoms with Crippen molar-refractivity contribution in [2.45, 2.75) is 12.5 Å². The smallest absolute Gasteiger partial charge is 0.129 e. The Morgan fingerprint density at radius 3 is 2.87 bits per heavy atom. The first-order valence-electron chi connectivity index (χ1n) is 7.88. The van der Waals surface area contributed by atoms with Gasteiger partial charge in [0.25, 0.3) is 0 Å². The lowest BCUT2D eigenvalue weighted by molar-refractivity contribution is -0.0468. The van der Waals surface area contributed by atoms with Crippen molar-refractivity contribution in [2.75, 3.05) is 24.6 Å². The van der Waals surface area contributed by atoms with Crippen molar-refractivity contribution in [3.63, 3.8) is 0 Å². The van der Waals surface area contributed by atoms with Crippen LogP contribution in [0.2, 0.25) is 0 Å². The number of rotatable bonds is 2. The van der Waals surface area contributed by atoms with E-state index in [1.165, 1.54) is 5.39 Å². The molecule has 3 aromatic rings. The molecule has 1 unspecified atom stereocenters. The Bertz CT molecular complexity index is 844. The second-order valence-electron chi connectivity index (χ2n) is 6.27. The second kappa shape index (κ2) is 5.35. The average Bonchev–Trinajstić information content (AvgIpc) is 3.02. The molecule has 0 bridgehead atoms. The van der Waals surface area contributed by atoms with Gasteiger partial charge in [0.1, 0.15) is 11.4 Å². The summed E-state index contributed by atoms with van der Waals surface area (Å²) in [6.45, 7) is 4.42. The van der Waals surface area contributed by atoms with Crippen LogP contribution < -0.4 is 4.90 Å². The fourth-order valence-electron chi connectivity index (χ4n) is 3.17. The molecule has 23 heavy (non-hydrogen) atoms. The van der Waals surface area contributed by atoms with Crippen LogP contribution >= 0.6 is 0 Å². The van der Waals surface area contributed by atoms with Gasteiger partial charge in [0.2, 0.25) is 0 Å². The number of morpholine rings is 1. The van der Waals surface area contributed by atoms with E-state index in [0.717, 1.165) is 30.0 Å². The molecular weight excluding hydrogens is 288 g/mol. The second-order valence-corrected chi connectivity index (χ2v) is 6.27. The van der Waals surface area contributed by atoms with E-state index in [4.69, 9.17) is 9.72 Å². The van der Waals surface area contributed by atoms with Gasteiger partial charge in [0.15, 0.2) is 0 Å². The van der Waals surface area contributed by atoms with Gasteiger partial charge < -0.3 is 9.64 Å². The van der Waals surface area contributed by atoms with E-state index in [9.17, 15) is 0 Å². The van der Waals surface area contributed by atoms with Crippen molar-refractivity contribution in [3.8, 4) is 0 Å². The van der Waals surface area contributed by atoms with Crippen LogP contribution in [-0.2, 0) is 17.4 Å². The predicted molar refractivity (Wildman–Crippen MR) is 90.5 cm³/mol. The van der Waals surface area contributed by atoms with E-state index < -0.39 is 0 Å². The van der Waals surface area contributed by atoms with Gasteiger partial charge >= 0.3 is 0 Å². The van der Waals surface area contributed by atoms with Crippen molar-refractivity contribution in [1.82, 2.24) is 14.8 Å². The number of anilines is 1. The van der Waals surface area contributed by atoms with Crippen molar-refractivity contribution < 1.29 is 4.74 Å². The van der Waals surface area contributed by atoms with Crippen LogP contribution in [-0.4, -0.2) is 34.5 Å². The number of benzene rings is 1. The molecule has 1 atom stereocenters. The lowest BCUT2D eigenvalue weighted by Gasteiger charge is -2.40. The lowest BCUT2D eigenvalue weighted by atomic mass is 9.97. The molecule has 4 rings (SSSR count). The number of ether oxygens (including phenoxy) is 1. The van der Waals surface area contributed by atoms with Crippen LogP contribution in [0.5, 0.6) is 0 Å². The fraction of sp³-hybridized carbons (Fsp3) is 0.333. The Kier molecular flexibility index (Phi) is 3.31. The molecule has 1 aliphatic heterocycles. The zero-order valence-corrected chi connectivity index (χ0v) is 13.4. The SMILES string of the molecule is Cn1cc(C2(C)CN(c3ccc4ccccc4n3)CCO2)cn1. The minimum Gasteiger partial charge on any atom is -0.367 e. The number of aryl methyl sites for hydroxylation is 1. The minimum atomic E-state index is -0.361. The molecule has 0 saturated carbocycles. The molecule has 0 amide bonds. The van der Waals surface area contributed by atoms with Crippen molar-refractivity contribution in [2.24, 2.45) is 7.05 Å². The number of hydrogen-bond donors (Lipinski definition) is 0. The Morgan fingerprint density at radius 1 is 1.17 bits per heavy atom. The highest BCUT2D eigenvalue weighted by molar-refractivity contribution is 5.80. The summed E-state index contributed by atoms with van der Waals surface area (Å²) in [6, 6.07) is 12.4. The van der Waals surface area contributed by atoms with E-state index in [1.807, 2.05) is 36.3 Å². The zero-order valence-electron chi connectivity index (χ0n) is 13.4. The molecular formula is C18H20N4O. The molecule has 1 aromatic carbocycles. The largest absolute Gasteiger partial charge is 0.367 e. The molecule has 5 nitrogen and oxygen atoms in total. The fourth-order valence-corrected chi connectivity index (χ4v) is 3.17. The zero-order chi connectivity index (χ0) is 15.9. The van der Waals surface area contributed by atoms with Gasteiger partial charge in [-0.15, -0.1) is 0 Å². The summed E-state index contributed by atoms with van der Waals surface area (Å²) in [6.07, 6.45) is 3.91. The summed E-state index contributed by atoms with van der Waals surface area (Å²) in [5.74, 6) is 1.00. The van der Waals surface area contributed by atoms with Crippen LogP contribution in [0.15, 0.2) is 48.8 Å². The summed E-state index contributed by atoms with van der Waals surface area (Å²) >= 11 is 0. The third-order valence-corrected chi connectivity index (χ3v) is 4.50. The van der Waals surface area contributed by atoms with Gasteiger partial charge in [0, 0.05) is 30.7 Å². The molecule has 1 saturated heterocycles. The average molecular weight is 308 g/mol. The van der Waals surface area contributed by atoms with E-state index in [-0.39, 0.29) is 5.60 Å². The quantitative estimate of drug-likeness (QED) is 0.730. The topological polar surface area (TPSA) is 43.2 Å². The van der Waals surface area contributed by atoms with Crippen LogP contribution in [0.25, 0.3) is 10.9 Å². The number of nitrogens with zero attached hydrogens (tertiary/aromatic N) is 4. The monoisotopic (exact) mass is 308 g/mol. The molecule has 3 heterocycles. The lowest BCUT2D eigenvalue weighted by Crippen LogP contribution is -2.48. The number of aromatic nitrogens is 3. The van der Waals surface area contributed by atoms with E-state index in [1.54, 1.807) is 0 Å². The summed E-state index contributed by atoms with van der Waals surface area (Å²) in [5.41, 5.74) is 1.77. The summed E-state index contributed by atoms with van der Waals surface area (Å²) in [5, 5.41) is 5.44. The molecule has 0 N–H and O–H groups in total. The number of para-hydroxylation sites is 1. The molecule has 1 aliphatic rings. The molecule has 118 valence electrons. The highest BCUT2D eigenvalue weighted by atomic mass is 16.5. The van der Waals surface area contributed by atoms with Gasteiger partial charge in [-0.2, -0.15) is 5.10 Å². The molecule has 0 aliphatic carbocycles. The van der Waals surface area contributed by atoms with Crippen LogP contribution in [0.4, 0.5) is 5.82 Å². The summed E-state index contributed by atoms with van der Waals surface area (Å²) in [7, 11) is 1.93. The molecule has 5 heteroatoms. The Hall–Kier alpha value is -2.40. The number of hydrogen-bond acceptors (Lipinski definition) is 4. The van der Waals surface area contributed by atoms with Crippen LogP contribution in [0.3, 0.4) is 0 Å². The van der Waals surface area contributed by atoms with Crippen molar-refractivity contribution in [3.05, 3.63) is 54.4 Å². The summed E-state index contributed by atoms with van der Waals surface area (Å²) < 4.78 is 7.90. The Balaban J connectivity index is 1.65. The highest BCUT2D eigenvalue weighted by Gasteiger charge is 2.35. The first-order valence-corrected chi connectivity index (χ1v) is 7.88. The number of pyridine rings is 1. The normalized spacial score (nSPS) is 21.7. The first-order chi connectivity index (χ1) is 11.1. The maximum Gasteiger partial charge on any atom is 0.129 e. The maximum atomic E-state index is 6.08. The standard InChI is InChI=1S/C18H20N4O/c1-18(15-11-19-21(2)12-15)13-22(9-10-23-18)17-8-7-14-5-3-4-6-16(14)20-17/h3-8,11-12H,9-10,13H2,1-2H3. The van der Waals surface area contributed by atoms with Gasteiger partial charge in [-0.25, -0.2) is 4.98 Å². The van der Waals surface area contributed by atoms with E-state index in [0.29, 0.717) is 6.61 Å². The van der Waals surface area contributed by atoms with Gasteiger partial charge in [-0.3, -0.25) is 4.68 Å². The maximum absolute atomic E-state index is 6.08. The molecule has 1 fully saturated rings. The Morgan fingerprint density at radius 2 is 2.04 bits per heavy atom. The minimum absolute atomic E-state index is 0.361. The number of fused-ring (bicyclic) bond motifs is 1. The van der Waals surface area contributed by atoms with E-state index >= 15 is 0 Å². The highest BCUT2D eigenvalue weighted by Crippen LogP contribution is 2.31. The van der Waals surface area contributed by atoms with Gasteiger partial charge in [0.05, 0.1) is 24.9 Å². The first kappa shape index (κ1) is 14.2. The molecule has 2 aromatic heterocycles. The third-order valence-electron chi connectivity index (χ3n) is 4.50. The molecule has 0 spiro atoms. The van der Waals surface area contributed by atoms with Gasteiger partial charge in [-0.05, 0) is 25.1 Å². The summed E-state index contributed by atoms with van der Waals surface area (Å²) in [4.78, 5) is 7.11. The Labute approximate surface area is 135 Å². The van der Waals surface area contributed by atoms with Crippen LogP contribution in [0.1, 0.15) is 12.5 Å². The predicted octanol–water partition coefficient (Wildman–Crippen LogP) is 2.72. The van der Waals surface area contributed by atoms with Gasteiger partial charge in [-0.1, -0.05) is 18.2 Å².